The van der Waals surface area contributed by atoms with Gasteiger partial charge in [-0.05, 0) is 30.3 Å². The summed E-state index contributed by atoms with van der Waals surface area (Å²) in [5, 5.41) is 2.70. The molecule has 4 rings (SSSR count). The first-order valence-electron chi connectivity index (χ1n) is 8.97. The fourth-order valence-electron chi connectivity index (χ4n) is 3.42. The molecule has 2 aromatic heterocycles. The zero-order valence-electron chi connectivity index (χ0n) is 15.6. The Labute approximate surface area is 165 Å². The molecule has 1 aliphatic rings. The van der Waals surface area contributed by atoms with Gasteiger partial charge in [0.1, 0.15) is 11.9 Å². The Kier molecular flexibility index (Phi) is 4.94. The zero-order chi connectivity index (χ0) is 20.4. The van der Waals surface area contributed by atoms with Crippen LogP contribution in [0, 0.1) is 5.82 Å². The van der Waals surface area contributed by atoms with Crippen molar-refractivity contribution in [2.75, 3.05) is 19.0 Å². The van der Waals surface area contributed by atoms with Crippen molar-refractivity contribution in [3.8, 4) is 0 Å². The van der Waals surface area contributed by atoms with Crippen molar-refractivity contribution < 1.29 is 18.7 Å². The Morgan fingerprint density at radius 2 is 2.14 bits per heavy atom. The van der Waals surface area contributed by atoms with E-state index in [0.29, 0.717) is 18.7 Å². The summed E-state index contributed by atoms with van der Waals surface area (Å²) in [5.74, 6) is -1.34. The molecule has 0 radical (unpaired) electrons. The van der Waals surface area contributed by atoms with E-state index < -0.39 is 23.9 Å². The molecule has 0 aliphatic carbocycles. The van der Waals surface area contributed by atoms with Crippen LogP contribution in [0.4, 0.5) is 14.9 Å². The largest absolute Gasteiger partial charge is 0.465 e. The molecule has 29 heavy (non-hydrogen) atoms. The third kappa shape index (κ3) is 3.54. The predicted octanol–water partition coefficient (Wildman–Crippen LogP) is 2.91. The molecule has 9 heteroatoms. The lowest BCUT2D eigenvalue weighted by Gasteiger charge is -2.34. The van der Waals surface area contributed by atoms with E-state index in [1.807, 2.05) is 12.1 Å². The van der Waals surface area contributed by atoms with Gasteiger partial charge >= 0.3 is 12.0 Å². The number of hydrogen-bond acceptors (Lipinski definition) is 5. The number of pyridine rings is 1. The third-order valence-corrected chi connectivity index (χ3v) is 4.78. The number of aromatic nitrogens is 3. The maximum absolute atomic E-state index is 13.6. The van der Waals surface area contributed by atoms with Crippen LogP contribution >= 0.6 is 0 Å². The topological polar surface area (TPSA) is 100 Å². The fourth-order valence-corrected chi connectivity index (χ4v) is 3.42. The highest BCUT2D eigenvalue weighted by Crippen LogP contribution is 2.33. The average Bonchev–Trinajstić information content (AvgIpc) is 3.23. The SMILES string of the molecule is COC(=O)c1cc(F)ccc1NC(=O)N1CCc2[nH]cnc2[C@H]1c1ccccn1. The number of ether oxygens (including phenoxy) is 1. The molecule has 1 aliphatic heterocycles. The molecule has 0 saturated heterocycles. The summed E-state index contributed by atoms with van der Waals surface area (Å²) in [4.78, 5) is 38.6. The predicted molar refractivity (Wildman–Crippen MR) is 102 cm³/mol. The first-order valence-corrected chi connectivity index (χ1v) is 8.97. The summed E-state index contributed by atoms with van der Waals surface area (Å²) in [6, 6.07) is 8.04. The molecule has 0 bridgehead atoms. The highest BCUT2D eigenvalue weighted by atomic mass is 19.1. The number of benzene rings is 1. The van der Waals surface area contributed by atoms with Crippen molar-refractivity contribution in [2.24, 2.45) is 0 Å². The minimum Gasteiger partial charge on any atom is -0.465 e. The van der Waals surface area contributed by atoms with E-state index in [1.54, 1.807) is 23.5 Å². The number of carbonyl (C=O) groups excluding carboxylic acids is 2. The Morgan fingerprint density at radius 3 is 2.90 bits per heavy atom. The number of esters is 1. The van der Waals surface area contributed by atoms with Crippen LogP contribution < -0.4 is 5.32 Å². The molecule has 1 aromatic carbocycles. The zero-order valence-corrected chi connectivity index (χ0v) is 15.6. The van der Waals surface area contributed by atoms with Crippen LogP contribution in [0.25, 0.3) is 0 Å². The van der Waals surface area contributed by atoms with Crippen LogP contribution in [-0.2, 0) is 11.2 Å². The number of nitrogens with zero attached hydrogens (tertiary/aromatic N) is 3. The number of imidazole rings is 1. The van der Waals surface area contributed by atoms with Gasteiger partial charge in [-0.15, -0.1) is 0 Å². The second-order valence-corrected chi connectivity index (χ2v) is 6.48. The summed E-state index contributed by atoms with van der Waals surface area (Å²) in [6.07, 6.45) is 3.85. The number of nitrogens with one attached hydrogen (secondary N) is 2. The molecule has 3 aromatic rings. The van der Waals surface area contributed by atoms with E-state index in [0.717, 1.165) is 17.5 Å². The Morgan fingerprint density at radius 1 is 1.28 bits per heavy atom. The van der Waals surface area contributed by atoms with Crippen molar-refractivity contribution in [3.05, 3.63) is 77.4 Å². The number of amides is 2. The van der Waals surface area contributed by atoms with Gasteiger partial charge in [-0.3, -0.25) is 4.98 Å². The van der Waals surface area contributed by atoms with Crippen LogP contribution in [0.5, 0.6) is 0 Å². The molecule has 2 N–H and O–H groups in total. The molecule has 1 atom stereocenters. The number of anilines is 1. The van der Waals surface area contributed by atoms with E-state index in [-0.39, 0.29) is 11.3 Å². The summed E-state index contributed by atoms with van der Waals surface area (Å²) in [7, 11) is 1.19. The molecule has 0 saturated carbocycles. The normalized spacial score (nSPS) is 15.5. The molecular formula is C20H18FN5O3. The maximum atomic E-state index is 13.6. The van der Waals surface area contributed by atoms with Gasteiger partial charge in [0.05, 0.1) is 36.1 Å². The summed E-state index contributed by atoms with van der Waals surface area (Å²) < 4.78 is 18.3. The standard InChI is InChI=1S/C20H18FN5O3/c1-29-19(27)13-10-12(21)5-6-14(13)25-20(28)26-9-7-15-17(24-11-23-15)18(26)16-4-2-3-8-22-16/h2-6,8,10-11,18H,7,9H2,1H3,(H,23,24)(H,25,28)/t18-/m1/s1. The van der Waals surface area contributed by atoms with Gasteiger partial charge in [0, 0.05) is 24.9 Å². The second kappa shape index (κ2) is 7.70. The molecule has 0 fully saturated rings. The lowest BCUT2D eigenvalue weighted by molar-refractivity contribution is 0.0601. The quantitative estimate of drug-likeness (QED) is 0.664. The Bertz CT molecular complexity index is 1050. The molecule has 8 nitrogen and oxygen atoms in total. The van der Waals surface area contributed by atoms with Crippen molar-refractivity contribution >= 4 is 17.7 Å². The Hall–Kier alpha value is -3.75. The summed E-state index contributed by atoms with van der Waals surface area (Å²) >= 11 is 0. The van der Waals surface area contributed by atoms with Gasteiger partial charge in [0.15, 0.2) is 0 Å². The smallest absolute Gasteiger partial charge is 0.340 e. The van der Waals surface area contributed by atoms with Crippen molar-refractivity contribution in [2.45, 2.75) is 12.5 Å². The minimum atomic E-state index is -0.741. The highest BCUT2D eigenvalue weighted by Gasteiger charge is 2.35. The van der Waals surface area contributed by atoms with Crippen LogP contribution in [0.2, 0.25) is 0 Å². The van der Waals surface area contributed by atoms with Crippen molar-refractivity contribution in [1.29, 1.82) is 0 Å². The number of methoxy groups -OCH3 is 1. The number of hydrogen-bond donors (Lipinski definition) is 2. The lowest BCUT2D eigenvalue weighted by Crippen LogP contribution is -2.43. The van der Waals surface area contributed by atoms with Gasteiger partial charge in [-0.25, -0.2) is 19.0 Å². The van der Waals surface area contributed by atoms with Gasteiger partial charge in [0.25, 0.3) is 0 Å². The number of carbonyl (C=O) groups is 2. The van der Waals surface area contributed by atoms with E-state index in [2.05, 4.69) is 20.3 Å². The van der Waals surface area contributed by atoms with Crippen molar-refractivity contribution in [1.82, 2.24) is 19.9 Å². The van der Waals surface area contributed by atoms with Crippen LogP contribution in [0.15, 0.2) is 48.9 Å². The number of halogens is 1. The van der Waals surface area contributed by atoms with Gasteiger partial charge < -0.3 is 19.9 Å². The number of rotatable bonds is 3. The average molecular weight is 395 g/mol. The van der Waals surface area contributed by atoms with E-state index in [4.69, 9.17) is 4.74 Å². The molecule has 0 unspecified atom stereocenters. The summed E-state index contributed by atoms with van der Waals surface area (Å²) in [6.45, 7) is 0.414. The first kappa shape index (κ1) is 18.6. The molecule has 3 heterocycles. The number of urea groups is 1. The molecular weight excluding hydrogens is 377 g/mol. The fraction of sp³-hybridized carbons (Fsp3) is 0.200. The van der Waals surface area contributed by atoms with E-state index >= 15 is 0 Å². The van der Waals surface area contributed by atoms with E-state index in [1.165, 1.54) is 19.2 Å². The van der Waals surface area contributed by atoms with Gasteiger partial charge in [0.2, 0.25) is 0 Å². The van der Waals surface area contributed by atoms with Crippen molar-refractivity contribution in [3.63, 3.8) is 0 Å². The van der Waals surface area contributed by atoms with Gasteiger partial charge in [-0.1, -0.05) is 6.07 Å². The van der Waals surface area contributed by atoms with Crippen LogP contribution in [0.3, 0.4) is 0 Å². The second-order valence-electron chi connectivity index (χ2n) is 6.48. The summed E-state index contributed by atoms with van der Waals surface area (Å²) in [5.41, 5.74) is 2.44. The van der Waals surface area contributed by atoms with Crippen LogP contribution in [0.1, 0.15) is 33.5 Å². The van der Waals surface area contributed by atoms with Gasteiger partial charge in [-0.2, -0.15) is 0 Å². The first-order chi connectivity index (χ1) is 14.1. The molecule has 148 valence electrons. The highest BCUT2D eigenvalue weighted by molar-refractivity contribution is 6.01. The molecule has 0 spiro atoms. The Balaban J connectivity index is 1.67. The minimum absolute atomic E-state index is 0.0623. The number of H-pyrrole nitrogens is 1. The third-order valence-electron chi connectivity index (χ3n) is 4.78. The number of aromatic amines is 1. The van der Waals surface area contributed by atoms with Crippen LogP contribution in [-0.4, -0.2) is 45.5 Å². The molecule has 2 amide bonds. The monoisotopic (exact) mass is 395 g/mol. The maximum Gasteiger partial charge on any atom is 0.340 e. The van der Waals surface area contributed by atoms with E-state index in [9.17, 15) is 14.0 Å². The number of fused-ring (bicyclic) bond motifs is 1. The lowest BCUT2D eigenvalue weighted by atomic mass is 9.99.